The van der Waals surface area contributed by atoms with Crippen molar-refractivity contribution in [3.8, 4) is 0 Å². The molecule has 0 aliphatic rings. The SMILES string of the molecule is C=C(C)C(=O)O.O=C([O-])C(O)C(O)C(=O)[O-].[K+].[K+]. The Bertz CT molecular complexity index is 273. The Morgan fingerprint density at radius 2 is 1.17 bits per heavy atom. The first kappa shape index (κ1) is 27.6. The number of carbonyl (C=O) groups excluding carboxylic acids is 2. The summed E-state index contributed by atoms with van der Waals surface area (Å²) < 4.78 is 0. The molecule has 0 amide bonds. The minimum atomic E-state index is -2.44. The van der Waals surface area contributed by atoms with Gasteiger partial charge in [0.05, 0.1) is 11.9 Å². The van der Waals surface area contributed by atoms with Gasteiger partial charge in [-0.25, -0.2) is 4.79 Å². The van der Waals surface area contributed by atoms with Crippen molar-refractivity contribution in [1.29, 1.82) is 0 Å². The van der Waals surface area contributed by atoms with Gasteiger partial charge in [0.15, 0.2) is 0 Å². The van der Waals surface area contributed by atoms with Crippen LogP contribution in [0.25, 0.3) is 0 Å². The second kappa shape index (κ2) is 14.7. The summed E-state index contributed by atoms with van der Waals surface area (Å²) in [5, 5.41) is 43.6. The van der Waals surface area contributed by atoms with E-state index in [0.717, 1.165) is 0 Å². The zero-order valence-corrected chi connectivity index (χ0v) is 16.5. The molecule has 0 aromatic rings. The van der Waals surface area contributed by atoms with E-state index in [4.69, 9.17) is 15.3 Å². The van der Waals surface area contributed by atoms with Crippen molar-refractivity contribution in [2.75, 3.05) is 0 Å². The fourth-order valence-corrected chi connectivity index (χ4v) is 0.258. The molecule has 0 radical (unpaired) electrons. The summed E-state index contributed by atoms with van der Waals surface area (Å²) in [4.78, 5) is 28.9. The summed E-state index contributed by atoms with van der Waals surface area (Å²) in [5.41, 5.74) is 0.176. The van der Waals surface area contributed by atoms with Crippen molar-refractivity contribution < 1.29 is 143 Å². The number of aliphatic hydroxyl groups excluding tert-OH is 2. The van der Waals surface area contributed by atoms with Gasteiger partial charge in [-0.2, -0.15) is 0 Å². The Morgan fingerprint density at radius 1 is 1.00 bits per heavy atom. The van der Waals surface area contributed by atoms with Gasteiger partial charge < -0.3 is 35.1 Å². The van der Waals surface area contributed by atoms with E-state index in [0.29, 0.717) is 0 Å². The number of carboxylic acid groups (broad SMARTS) is 3. The van der Waals surface area contributed by atoms with Crippen LogP contribution in [0.5, 0.6) is 0 Å². The Hall–Kier alpha value is 1.34. The summed E-state index contributed by atoms with van der Waals surface area (Å²) >= 11 is 0. The molecule has 10 heteroatoms. The normalized spacial score (nSPS) is 11.3. The summed E-state index contributed by atoms with van der Waals surface area (Å²) in [5.74, 6) is -5.05. The molecule has 0 aromatic heterocycles. The van der Waals surface area contributed by atoms with Gasteiger partial charge in [0.25, 0.3) is 0 Å². The Labute approximate surface area is 188 Å². The maximum Gasteiger partial charge on any atom is 1.00 e. The van der Waals surface area contributed by atoms with Gasteiger partial charge in [-0.1, -0.05) is 6.58 Å². The van der Waals surface area contributed by atoms with E-state index < -0.39 is 30.1 Å². The quantitative estimate of drug-likeness (QED) is 0.341. The molecule has 8 nitrogen and oxygen atoms in total. The van der Waals surface area contributed by atoms with Crippen LogP contribution in [0.1, 0.15) is 6.92 Å². The van der Waals surface area contributed by atoms with Gasteiger partial charge in [0, 0.05) is 5.57 Å². The van der Waals surface area contributed by atoms with E-state index in [-0.39, 0.29) is 108 Å². The second-order valence-electron chi connectivity index (χ2n) is 2.61. The average molecular weight is 312 g/mol. The van der Waals surface area contributed by atoms with Gasteiger partial charge in [-0.05, 0) is 6.92 Å². The molecule has 0 saturated heterocycles. The van der Waals surface area contributed by atoms with Crippen LogP contribution >= 0.6 is 0 Å². The molecular formula is C8H10K2O8. The van der Waals surface area contributed by atoms with Crippen molar-refractivity contribution in [1.82, 2.24) is 0 Å². The third kappa shape index (κ3) is 15.4. The van der Waals surface area contributed by atoms with Crippen LogP contribution in [-0.4, -0.2) is 45.4 Å². The van der Waals surface area contributed by atoms with Gasteiger partial charge in [-0.15, -0.1) is 0 Å². The first-order valence-corrected chi connectivity index (χ1v) is 3.77. The van der Waals surface area contributed by atoms with Crippen molar-refractivity contribution in [3.63, 3.8) is 0 Å². The predicted octanol–water partition coefficient (Wildman–Crippen LogP) is -10.1. The third-order valence-electron chi connectivity index (χ3n) is 1.15. The van der Waals surface area contributed by atoms with Crippen LogP contribution in [0.2, 0.25) is 0 Å². The maximum absolute atomic E-state index is 9.63. The first-order valence-electron chi connectivity index (χ1n) is 3.77. The molecule has 0 aromatic carbocycles. The molecule has 92 valence electrons. The summed E-state index contributed by atoms with van der Waals surface area (Å²) in [6.45, 7) is 4.60. The van der Waals surface area contributed by atoms with Crippen molar-refractivity contribution in [3.05, 3.63) is 12.2 Å². The predicted molar refractivity (Wildman–Crippen MR) is 44.5 cm³/mol. The van der Waals surface area contributed by atoms with Crippen molar-refractivity contribution in [2.45, 2.75) is 19.1 Å². The number of aliphatic carboxylic acids is 3. The van der Waals surface area contributed by atoms with Crippen LogP contribution in [0.15, 0.2) is 12.2 Å². The van der Waals surface area contributed by atoms with Crippen LogP contribution in [0.3, 0.4) is 0 Å². The molecule has 0 spiro atoms. The molecule has 18 heavy (non-hydrogen) atoms. The molecule has 0 aliphatic heterocycles. The minimum Gasteiger partial charge on any atom is -0.547 e. The number of hydrogen-bond donors (Lipinski definition) is 3. The minimum absolute atomic E-state index is 0. The maximum atomic E-state index is 9.63. The first-order chi connectivity index (χ1) is 7.11. The van der Waals surface area contributed by atoms with E-state index in [1.54, 1.807) is 0 Å². The van der Waals surface area contributed by atoms with Crippen molar-refractivity contribution >= 4 is 17.9 Å². The fraction of sp³-hybridized carbons (Fsp3) is 0.375. The Kier molecular flexibility index (Phi) is 22.6. The standard InChI is InChI=1S/C4H6O6.C4H6O2.2K/c5-1(3(7)8)2(6)4(9)10;1-3(2)4(5)6;;/h1-2,5-6H,(H,7,8)(H,9,10);1H2,2H3,(H,5,6);;/q;;2*+1/p-2. The van der Waals surface area contributed by atoms with Crippen LogP contribution in [0.4, 0.5) is 0 Å². The fourth-order valence-electron chi connectivity index (χ4n) is 0.258. The topological polar surface area (TPSA) is 158 Å². The molecule has 0 heterocycles. The number of carboxylic acids is 3. The average Bonchev–Trinajstić information content (AvgIpc) is 2.15. The zero-order valence-electron chi connectivity index (χ0n) is 10.2. The summed E-state index contributed by atoms with van der Waals surface area (Å²) in [6, 6.07) is 0. The van der Waals surface area contributed by atoms with E-state index in [1.165, 1.54) is 6.92 Å². The largest absolute Gasteiger partial charge is 1.00 e. The molecule has 0 fully saturated rings. The number of aliphatic hydroxyl groups is 2. The van der Waals surface area contributed by atoms with Crippen LogP contribution in [-0.2, 0) is 14.4 Å². The van der Waals surface area contributed by atoms with Crippen LogP contribution in [0, 0.1) is 0 Å². The smallest absolute Gasteiger partial charge is 0.547 e. The van der Waals surface area contributed by atoms with E-state index in [1.807, 2.05) is 0 Å². The molecule has 2 unspecified atom stereocenters. The van der Waals surface area contributed by atoms with Gasteiger partial charge in [0.1, 0.15) is 12.2 Å². The third-order valence-corrected chi connectivity index (χ3v) is 1.15. The molecule has 2 atom stereocenters. The van der Waals surface area contributed by atoms with Crippen LogP contribution < -0.4 is 113 Å². The van der Waals surface area contributed by atoms with E-state index in [9.17, 15) is 24.6 Å². The van der Waals surface area contributed by atoms with E-state index in [2.05, 4.69) is 6.58 Å². The molecule has 0 rings (SSSR count). The molecule has 0 bridgehead atoms. The van der Waals surface area contributed by atoms with Gasteiger partial charge >= 0.3 is 109 Å². The monoisotopic (exact) mass is 312 g/mol. The van der Waals surface area contributed by atoms with Crippen molar-refractivity contribution in [2.24, 2.45) is 0 Å². The molecular weight excluding hydrogens is 302 g/mol. The molecule has 0 saturated carbocycles. The van der Waals surface area contributed by atoms with Gasteiger partial charge in [0.2, 0.25) is 0 Å². The number of rotatable bonds is 4. The molecule has 3 N–H and O–H groups in total. The Balaban J connectivity index is -0.000000108. The number of carbonyl (C=O) groups is 3. The zero-order chi connectivity index (χ0) is 13.5. The molecule has 0 aliphatic carbocycles. The summed E-state index contributed by atoms with van der Waals surface area (Å²) in [6.07, 6.45) is -4.88. The second-order valence-corrected chi connectivity index (χ2v) is 2.61. The summed E-state index contributed by atoms with van der Waals surface area (Å²) in [7, 11) is 0. The van der Waals surface area contributed by atoms with Gasteiger partial charge in [-0.3, -0.25) is 0 Å². The van der Waals surface area contributed by atoms with E-state index >= 15 is 0 Å². The Morgan fingerprint density at radius 3 is 1.22 bits per heavy atom. The number of hydrogen-bond acceptors (Lipinski definition) is 7.